The maximum Gasteiger partial charge on any atom is 0.310 e. The normalized spacial score (nSPS) is 31.0. The number of hydrogen-bond acceptors (Lipinski definition) is 5. The molecule has 5 rings (SSSR count). The van der Waals surface area contributed by atoms with Crippen molar-refractivity contribution in [3.8, 4) is 5.75 Å². The number of carbonyl (C=O) groups is 1. The summed E-state index contributed by atoms with van der Waals surface area (Å²) in [6.45, 7) is 0. The van der Waals surface area contributed by atoms with Gasteiger partial charge < -0.3 is 20.1 Å². The van der Waals surface area contributed by atoms with E-state index in [2.05, 4.69) is 4.98 Å². The molecule has 0 radical (unpaired) electrons. The summed E-state index contributed by atoms with van der Waals surface area (Å²) in [5, 5.41) is 33.6. The SMILES string of the molecule is O=C(O)[C@H]1[C@@H](O)[C@@]2(O)c3ncc(Cl)cc3O[C@@]2(c2ccc(F)cc2)[C@@H]1c1ccccc1. The second kappa shape index (κ2) is 6.75. The van der Waals surface area contributed by atoms with Crippen molar-refractivity contribution in [2.75, 3.05) is 0 Å². The molecular formula is C23H17ClFNO5. The van der Waals surface area contributed by atoms with Gasteiger partial charge in [-0.15, -0.1) is 0 Å². The molecule has 1 saturated carbocycles. The molecule has 2 heterocycles. The van der Waals surface area contributed by atoms with Crippen molar-refractivity contribution in [3.63, 3.8) is 0 Å². The van der Waals surface area contributed by atoms with E-state index in [-0.39, 0.29) is 16.5 Å². The Hall–Kier alpha value is -3.00. The summed E-state index contributed by atoms with van der Waals surface area (Å²) in [5.74, 6) is -4.13. The van der Waals surface area contributed by atoms with Gasteiger partial charge in [-0.25, -0.2) is 4.39 Å². The third kappa shape index (κ3) is 2.51. The number of hydrogen-bond donors (Lipinski definition) is 3. The minimum atomic E-state index is -2.23. The number of benzene rings is 2. The first-order valence-corrected chi connectivity index (χ1v) is 9.97. The van der Waals surface area contributed by atoms with Crippen LogP contribution in [0, 0.1) is 11.7 Å². The van der Waals surface area contributed by atoms with Gasteiger partial charge in [0.2, 0.25) is 0 Å². The monoisotopic (exact) mass is 441 g/mol. The number of pyridine rings is 1. The number of carboxylic acids is 1. The lowest BCUT2D eigenvalue weighted by molar-refractivity contribution is -0.160. The molecule has 0 amide bonds. The van der Waals surface area contributed by atoms with Crippen molar-refractivity contribution in [2.45, 2.75) is 23.2 Å². The third-order valence-electron chi connectivity index (χ3n) is 6.30. The molecule has 1 aromatic heterocycles. The molecule has 3 N–H and O–H groups in total. The summed E-state index contributed by atoms with van der Waals surface area (Å²) in [6.07, 6.45) is -0.476. The molecule has 2 aromatic carbocycles. The Kier molecular flexibility index (Phi) is 4.34. The Balaban J connectivity index is 1.87. The second-order valence-corrected chi connectivity index (χ2v) is 8.24. The smallest absolute Gasteiger partial charge is 0.310 e. The lowest BCUT2D eigenvalue weighted by Crippen LogP contribution is -2.52. The van der Waals surface area contributed by atoms with Crippen LogP contribution in [-0.4, -0.2) is 32.4 Å². The number of rotatable bonds is 3. The van der Waals surface area contributed by atoms with Crippen molar-refractivity contribution in [3.05, 3.63) is 94.5 Å². The number of halogens is 2. The molecule has 2 aliphatic rings. The number of aliphatic hydroxyl groups is 2. The summed E-state index contributed by atoms with van der Waals surface area (Å²) >= 11 is 6.08. The van der Waals surface area contributed by atoms with E-state index in [0.717, 1.165) is 0 Å². The van der Waals surface area contributed by atoms with Gasteiger partial charge in [0.15, 0.2) is 11.2 Å². The molecule has 1 aliphatic heterocycles. The molecule has 8 heteroatoms. The highest BCUT2D eigenvalue weighted by atomic mass is 35.5. The van der Waals surface area contributed by atoms with Crippen molar-refractivity contribution >= 4 is 17.6 Å². The predicted molar refractivity (Wildman–Crippen MR) is 108 cm³/mol. The summed E-state index contributed by atoms with van der Waals surface area (Å²) in [7, 11) is 0. The zero-order valence-corrected chi connectivity index (χ0v) is 16.7. The van der Waals surface area contributed by atoms with Gasteiger partial charge in [-0.3, -0.25) is 9.78 Å². The van der Waals surface area contributed by atoms with Gasteiger partial charge >= 0.3 is 5.97 Å². The quantitative estimate of drug-likeness (QED) is 0.577. The van der Waals surface area contributed by atoms with Crippen LogP contribution in [0.25, 0.3) is 0 Å². The van der Waals surface area contributed by atoms with Gasteiger partial charge in [-0.05, 0) is 23.3 Å². The van der Waals surface area contributed by atoms with Gasteiger partial charge in [0.1, 0.15) is 23.4 Å². The molecule has 0 bridgehead atoms. The highest BCUT2D eigenvalue weighted by Gasteiger charge is 2.78. The molecule has 6 nitrogen and oxygen atoms in total. The molecule has 31 heavy (non-hydrogen) atoms. The van der Waals surface area contributed by atoms with Crippen LogP contribution in [0.2, 0.25) is 5.02 Å². The topological polar surface area (TPSA) is 99.9 Å². The number of aromatic nitrogens is 1. The lowest BCUT2D eigenvalue weighted by Gasteiger charge is -2.40. The number of fused-ring (bicyclic) bond motifs is 3. The number of aliphatic hydroxyl groups excluding tert-OH is 1. The van der Waals surface area contributed by atoms with Gasteiger partial charge in [-0.1, -0.05) is 54.1 Å². The van der Waals surface area contributed by atoms with E-state index >= 15 is 0 Å². The summed E-state index contributed by atoms with van der Waals surface area (Å²) in [4.78, 5) is 16.5. The van der Waals surface area contributed by atoms with Crippen LogP contribution in [0.5, 0.6) is 5.75 Å². The molecule has 5 atom stereocenters. The van der Waals surface area contributed by atoms with Crippen molar-refractivity contribution < 1.29 is 29.2 Å². The van der Waals surface area contributed by atoms with Crippen LogP contribution in [-0.2, 0) is 16.0 Å². The van der Waals surface area contributed by atoms with Crippen molar-refractivity contribution in [2.24, 2.45) is 5.92 Å². The first-order valence-electron chi connectivity index (χ1n) is 9.60. The largest absolute Gasteiger partial charge is 0.481 e. The van der Waals surface area contributed by atoms with E-state index in [1.165, 1.54) is 36.5 Å². The molecule has 0 spiro atoms. The Morgan fingerprint density at radius 2 is 1.81 bits per heavy atom. The number of carboxylic acid groups (broad SMARTS) is 1. The van der Waals surface area contributed by atoms with Crippen molar-refractivity contribution in [1.29, 1.82) is 0 Å². The highest BCUT2D eigenvalue weighted by molar-refractivity contribution is 6.30. The van der Waals surface area contributed by atoms with E-state index < -0.39 is 40.9 Å². The minimum Gasteiger partial charge on any atom is -0.481 e. The third-order valence-corrected chi connectivity index (χ3v) is 6.51. The van der Waals surface area contributed by atoms with Crippen LogP contribution in [0.15, 0.2) is 66.9 Å². The van der Waals surface area contributed by atoms with Crippen LogP contribution >= 0.6 is 11.6 Å². The maximum atomic E-state index is 13.8. The number of ether oxygens (including phenoxy) is 1. The minimum absolute atomic E-state index is 0.0154. The Bertz CT molecular complexity index is 1170. The van der Waals surface area contributed by atoms with E-state index in [0.29, 0.717) is 11.1 Å². The molecule has 0 unspecified atom stereocenters. The fourth-order valence-electron chi connectivity index (χ4n) is 5.10. The van der Waals surface area contributed by atoms with Gasteiger partial charge in [0.25, 0.3) is 0 Å². The fourth-order valence-corrected chi connectivity index (χ4v) is 5.25. The Labute approximate surface area is 181 Å². The van der Waals surface area contributed by atoms with Crippen LogP contribution in [0.1, 0.15) is 22.7 Å². The number of aliphatic carboxylic acids is 1. The average Bonchev–Trinajstić information content (AvgIpc) is 3.12. The standard InChI is InChI=1S/C23H17ClFNO5/c24-14-10-16-19(26-11-14)22(30)20(27)17(21(28)29)18(12-4-2-1-3-5-12)23(22,31-16)13-6-8-15(25)9-7-13/h1-11,17-18,20,27,30H,(H,28,29)/t17-,18-,20-,22+,23+/m1/s1. The highest BCUT2D eigenvalue weighted by Crippen LogP contribution is 2.68. The zero-order valence-electron chi connectivity index (χ0n) is 15.9. The van der Waals surface area contributed by atoms with E-state index in [1.807, 2.05) is 0 Å². The second-order valence-electron chi connectivity index (χ2n) is 7.81. The maximum absolute atomic E-state index is 13.8. The van der Waals surface area contributed by atoms with E-state index in [4.69, 9.17) is 16.3 Å². The zero-order chi connectivity index (χ0) is 22.0. The van der Waals surface area contributed by atoms with Gasteiger partial charge in [0.05, 0.1) is 10.9 Å². The molecule has 1 fully saturated rings. The fraction of sp³-hybridized carbons (Fsp3) is 0.217. The molecule has 0 saturated heterocycles. The summed E-state index contributed by atoms with van der Waals surface area (Å²) in [6, 6.07) is 15.3. The van der Waals surface area contributed by atoms with Crippen LogP contribution in [0.3, 0.4) is 0 Å². The first kappa shape index (κ1) is 19.9. The lowest BCUT2D eigenvalue weighted by atomic mass is 9.71. The number of nitrogens with zero attached hydrogens (tertiary/aromatic N) is 1. The van der Waals surface area contributed by atoms with Crippen LogP contribution in [0.4, 0.5) is 4.39 Å². The van der Waals surface area contributed by atoms with Gasteiger partial charge in [-0.2, -0.15) is 0 Å². The predicted octanol–water partition coefficient (Wildman–Crippen LogP) is 3.21. The average molecular weight is 442 g/mol. The Morgan fingerprint density at radius 1 is 1.13 bits per heavy atom. The molecule has 3 aromatic rings. The Morgan fingerprint density at radius 3 is 2.45 bits per heavy atom. The summed E-state index contributed by atoms with van der Waals surface area (Å²) in [5.41, 5.74) is -3.19. The molecule has 158 valence electrons. The van der Waals surface area contributed by atoms with Crippen molar-refractivity contribution in [1.82, 2.24) is 4.98 Å². The van der Waals surface area contributed by atoms with E-state index in [9.17, 15) is 24.5 Å². The van der Waals surface area contributed by atoms with Crippen LogP contribution < -0.4 is 4.74 Å². The van der Waals surface area contributed by atoms with E-state index in [1.54, 1.807) is 30.3 Å². The molecule has 1 aliphatic carbocycles. The first-order chi connectivity index (χ1) is 14.8. The molecular weight excluding hydrogens is 425 g/mol. The van der Waals surface area contributed by atoms with Gasteiger partial charge in [0, 0.05) is 18.2 Å². The summed E-state index contributed by atoms with van der Waals surface area (Å²) < 4.78 is 20.1.